The monoisotopic (exact) mass is 287 g/mol. The van der Waals surface area contributed by atoms with Crippen LogP contribution in [-0.4, -0.2) is 17.1 Å². The van der Waals surface area contributed by atoms with Crippen LogP contribution in [0.2, 0.25) is 0 Å². The molecule has 1 aromatic heterocycles. The van der Waals surface area contributed by atoms with E-state index >= 15 is 0 Å². The normalized spacial score (nSPS) is 22.7. The number of nitrogens with zero attached hydrogens (tertiary/aromatic N) is 1. The van der Waals surface area contributed by atoms with Crippen LogP contribution in [-0.2, 0) is 11.2 Å². The van der Waals surface area contributed by atoms with Crippen LogP contribution < -0.4 is 11.1 Å². The van der Waals surface area contributed by atoms with Crippen molar-refractivity contribution in [2.75, 3.05) is 5.32 Å². The van der Waals surface area contributed by atoms with Gasteiger partial charge in [-0.1, -0.05) is 18.5 Å². The summed E-state index contributed by atoms with van der Waals surface area (Å²) in [7, 11) is 0. The molecule has 0 saturated heterocycles. The average Bonchev–Trinajstić information content (AvgIpc) is 2.70. The van der Waals surface area contributed by atoms with Crippen molar-refractivity contribution in [1.29, 1.82) is 0 Å². The first kappa shape index (κ1) is 16.0. The van der Waals surface area contributed by atoms with Gasteiger partial charge in [-0.3, -0.25) is 4.79 Å². The first-order valence-electron chi connectivity index (χ1n) is 6.63. The molecule has 19 heavy (non-hydrogen) atoms. The van der Waals surface area contributed by atoms with Crippen molar-refractivity contribution in [3.63, 3.8) is 0 Å². The maximum Gasteiger partial charge on any atom is 0.227 e. The molecule has 1 aliphatic carbocycles. The van der Waals surface area contributed by atoms with E-state index in [0.29, 0.717) is 5.76 Å². The topological polar surface area (TPSA) is 81.2 Å². The molecule has 5 nitrogen and oxygen atoms in total. The van der Waals surface area contributed by atoms with Gasteiger partial charge in [0.2, 0.25) is 5.91 Å². The number of hydrogen-bond acceptors (Lipinski definition) is 4. The lowest BCUT2D eigenvalue weighted by Crippen LogP contribution is -2.34. The Balaban J connectivity index is 0.00000180. The smallest absolute Gasteiger partial charge is 0.227 e. The Bertz CT molecular complexity index is 434. The molecule has 0 bridgehead atoms. The van der Waals surface area contributed by atoms with Crippen LogP contribution in [0.25, 0.3) is 0 Å². The molecule has 2 atom stereocenters. The maximum atomic E-state index is 12.2. The molecule has 2 rings (SSSR count). The van der Waals surface area contributed by atoms with E-state index in [1.165, 1.54) is 0 Å². The van der Waals surface area contributed by atoms with Crippen LogP contribution in [0.5, 0.6) is 0 Å². The molecule has 1 fully saturated rings. The second-order valence-electron chi connectivity index (χ2n) is 5.03. The number of nitrogens with two attached hydrogens (primary N) is 1. The Kier molecular flexibility index (Phi) is 5.82. The Morgan fingerprint density at radius 3 is 2.89 bits per heavy atom. The summed E-state index contributed by atoms with van der Waals surface area (Å²) in [6, 6.07) is 0.156. The predicted molar refractivity (Wildman–Crippen MR) is 76.4 cm³/mol. The van der Waals surface area contributed by atoms with Crippen LogP contribution in [0.3, 0.4) is 0 Å². The van der Waals surface area contributed by atoms with Crippen molar-refractivity contribution in [2.24, 2.45) is 11.7 Å². The summed E-state index contributed by atoms with van der Waals surface area (Å²) in [6.45, 7) is 3.80. The number of rotatable bonds is 3. The third kappa shape index (κ3) is 3.70. The third-order valence-corrected chi connectivity index (χ3v) is 3.60. The fraction of sp³-hybridized carbons (Fsp3) is 0.692. The number of anilines is 1. The minimum absolute atomic E-state index is 0. The molecule has 2 unspecified atom stereocenters. The third-order valence-electron chi connectivity index (χ3n) is 3.60. The SMILES string of the molecule is CCc1noc(C)c1NC(=O)C1CCCC(N)C1.Cl. The van der Waals surface area contributed by atoms with Crippen molar-refractivity contribution in [2.45, 2.75) is 52.0 Å². The molecular formula is C13H22ClN3O2. The minimum Gasteiger partial charge on any atom is -0.359 e. The van der Waals surface area contributed by atoms with Crippen LogP contribution >= 0.6 is 12.4 Å². The van der Waals surface area contributed by atoms with E-state index in [-0.39, 0.29) is 30.3 Å². The van der Waals surface area contributed by atoms with Gasteiger partial charge in [-0.2, -0.15) is 0 Å². The number of amides is 1. The number of carbonyl (C=O) groups excluding carboxylic acids is 1. The molecule has 0 spiro atoms. The number of aromatic nitrogens is 1. The molecule has 3 N–H and O–H groups in total. The zero-order valence-electron chi connectivity index (χ0n) is 11.4. The van der Waals surface area contributed by atoms with Gasteiger partial charge >= 0.3 is 0 Å². The largest absolute Gasteiger partial charge is 0.359 e. The summed E-state index contributed by atoms with van der Waals surface area (Å²) in [5.74, 6) is 0.735. The van der Waals surface area contributed by atoms with Crippen molar-refractivity contribution in [3.8, 4) is 0 Å². The lowest BCUT2D eigenvalue weighted by Gasteiger charge is -2.25. The molecule has 1 saturated carbocycles. The maximum absolute atomic E-state index is 12.2. The van der Waals surface area contributed by atoms with Crippen LogP contribution in [0.1, 0.15) is 44.1 Å². The zero-order valence-corrected chi connectivity index (χ0v) is 12.3. The molecule has 0 radical (unpaired) electrons. The van der Waals surface area contributed by atoms with Crippen LogP contribution in [0.15, 0.2) is 4.52 Å². The van der Waals surface area contributed by atoms with Gasteiger partial charge in [0, 0.05) is 12.0 Å². The molecule has 0 aliphatic heterocycles. The van der Waals surface area contributed by atoms with E-state index in [2.05, 4.69) is 10.5 Å². The van der Waals surface area contributed by atoms with E-state index in [1.54, 1.807) is 0 Å². The van der Waals surface area contributed by atoms with Gasteiger partial charge in [0.25, 0.3) is 0 Å². The van der Waals surface area contributed by atoms with Gasteiger partial charge in [-0.15, -0.1) is 12.4 Å². The van der Waals surface area contributed by atoms with E-state index in [4.69, 9.17) is 10.3 Å². The first-order valence-corrected chi connectivity index (χ1v) is 6.63. The zero-order chi connectivity index (χ0) is 13.1. The first-order chi connectivity index (χ1) is 8.61. The Labute approximate surface area is 119 Å². The molecule has 1 heterocycles. The number of halogens is 1. The fourth-order valence-electron chi connectivity index (χ4n) is 2.51. The molecular weight excluding hydrogens is 266 g/mol. The van der Waals surface area contributed by atoms with Gasteiger partial charge in [0.1, 0.15) is 11.4 Å². The highest BCUT2D eigenvalue weighted by Crippen LogP contribution is 2.26. The lowest BCUT2D eigenvalue weighted by molar-refractivity contribution is -0.120. The average molecular weight is 288 g/mol. The number of hydrogen-bond donors (Lipinski definition) is 2. The van der Waals surface area contributed by atoms with Gasteiger partial charge in [0.15, 0.2) is 5.76 Å². The van der Waals surface area contributed by atoms with Crippen molar-refractivity contribution < 1.29 is 9.32 Å². The summed E-state index contributed by atoms with van der Waals surface area (Å²) in [5, 5.41) is 6.88. The standard InChI is InChI=1S/C13H21N3O2.ClH/c1-3-11-12(8(2)18-16-11)15-13(17)9-5-4-6-10(14)7-9;/h9-10H,3-7,14H2,1-2H3,(H,15,17);1H. The van der Waals surface area contributed by atoms with Crippen LogP contribution in [0.4, 0.5) is 5.69 Å². The second kappa shape index (κ2) is 6.91. The van der Waals surface area contributed by atoms with E-state index in [1.807, 2.05) is 13.8 Å². The highest BCUT2D eigenvalue weighted by atomic mass is 35.5. The number of nitrogens with one attached hydrogen (secondary N) is 1. The highest BCUT2D eigenvalue weighted by Gasteiger charge is 2.26. The summed E-state index contributed by atoms with van der Waals surface area (Å²) in [5.41, 5.74) is 7.46. The van der Waals surface area contributed by atoms with Gasteiger partial charge < -0.3 is 15.6 Å². The van der Waals surface area contributed by atoms with E-state index < -0.39 is 0 Å². The van der Waals surface area contributed by atoms with E-state index in [0.717, 1.165) is 43.5 Å². The summed E-state index contributed by atoms with van der Waals surface area (Å²) in [6.07, 6.45) is 4.50. The van der Waals surface area contributed by atoms with Gasteiger partial charge in [-0.25, -0.2) is 0 Å². The van der Waals surface area contributed by atoms with Gasteiger partial charge in [0.05, 0.1) is 0 Å². The summed E-state index contributed by atoms with van der Waals surface area (Å²) >= 11 is 0. The van der Waals surface area contributed by atoms with Crippen molar-refractivity contribution >= 4 is 24.0 Å². The number of carbonyl (C=O) groups is 1. The Morgan fingerprint density at radius 1 is 1.53 bits per heavy atom. The Morgan fingerprint density at radius 2 is 2.26 bits per heavy atom. The molecule has 1 amide bonds. The van der Waals surface area contributed by atoms with Gasteiger partial charge in [-0.05, 0) is 32.6 Å². The Hall–Kier alpha value is -1.07. The fourth-order valence-corrected chi connectivity index (χ4v) is 2.51. The predicted octanol–water partition coefficient (Wildman–Crippen LogP) is 2.42. The molecule has 6 heteroatoms. The van der Waals surface area contributed by atoms with E-state index in [9.17, 15) is 4.79 Å². The summed E-state index contributed by atoms with van der Waals surface area (Å²) < 4.78 is 5.11. The molecule has 0 aromatic carbocycles. The van der Waals surface area contributed by atoms with Crippen molar-refractivity contribution in [3.05, 3.63) is 11.5 Å². The minimum atomic E-state index is 0. The highest BCUT2D eigenvalue weighted by molar-refractivity contribution is 5.93. The lowest BCUT2D eigenvalue weighted by atomic mass is 9.85. The molecule has 1 aromatic rings. The molecule has 1 aliphatic rings. The van der Waals surface area contributed by atoms with Crippen molar-refractivity contribution in [1.82, 2.24) is 5.16 Å². The molecule has 108 valence electrons. The second-order valence-corrected chi connectivity index (χ2v) is 5.03. The summed E-state index contributed by atoms with van der Waals surface area (Å²) in [4.78, 5) is 12.2. The van der Waals surface area contributed by atoms with Crippen LogP contribution in [0, 0.1) is 12.8 Å². The quantitative estimate of drug-likeness (QED) is 0.894. The number of aryl methyl sites for hydroxylation is 2.